The molecule has 0 N–H and O–H groups in total. The zero-order valence-electron chi connectivity index (χ0n) is 3.42. The molecular weight excluding hydrogens is 74.9 g/mol. The van der Waals surface area contributed by atoms with Gasteiger partial charge in [0.1, 0.15) is 0 Å². The standard InChI is InChI=1S/C4H5BO/c5-4-1-2-6-3-4/h1-2,4H,3H2. The Bertz CT molecular complexity index is 69.9. The van der Waals surface area contributed by atoms with Crippen molar-refractivity contribution in [1.29, 1.82) is 0 Å². The molecule has 30 valence electrons. The average molecular weight is 79.9 g/mol. The molecule has 1 aliphatic rings. The van der Waals surface area contributed by atoms with E-state index in [1.54, 1.807) is 6.26 Å². The van der Waals surface area contributed by atoms with Gasteiger partial charge in [-0.25, -0.2) is 0 Å². The average Bonchev–Trinajstić information content (AvgIpc) is 1.86. The van der Waals surface area contributed by atoms with E-state index >= 15 is 0 Å². The SMILES string of the molecule is [B]C1C=COC1. The maximum Gasteiger partial charge on any atom is 0.0857 e. The van der Waals surface area contributed by atoms with Crippen molar-refractivity contribution in [2.75, 3.05) is 6.61 Å². The van der Waals surface area contributed by atoms with Crippen molar-refractivity contribution in [3.8, 4) is 0 Å². The molecule has 1 rings (SSSR count). The Hall–Kier alpha value is -0.395. The van der Waals surface area contributed by atoms with Crippen molar-refractivity contribution in [1.82, 2.24) is 0 Å². The predicted octanol–water partition coefficient (Wildman–Crippen LogP) is 0.487. The molecule has 1 nitrogen and oxygen atoms in total. The van der Waals surface area contributed by atoms with Crippen LogP contribution < -0.4 is 0 Å². The Balaban J connectivity index is 2.38. The van der Waals surface area contributed by atoms with Crippen LogP contribution in [-0.4, -0.2) is 14.5 Å². The van der Waals surface area contributed by atoms with Crippen molar-refractivity contribution in [3.63, 3.8) is 0 Å². The number of hydrogen-bond acceptors (Lipinski definition) is 1. The first-order valence-electron chi connectivity index (χ1n) is 1.93. The van der Waals surface area contributed by atoms with Gasteiger partial charge < -0.3 is 4.74 Å². The second-order valence-corrected chi connectivity index (χ2v) is 1.33. The molecule has 0 aromatic heterocycles. The van der Waals surface area contributed by atoms with Crippen LogP contribution in [0.4, 0.5) is 0 Å². The van der Waals surface area contributed by atoms with Gasteiger partial charge in [-0.05, 0) is 5.82 Å². The molecule has 0 amide bonds. The number of ether oxygens (including phenoxy) is 1. The lowest BCUT2D eigenvalue weighted by Crippen LogP contribution is -1.87. The van der Waals surface area contributed by atoms with Crippen LogP contribution in [0.15, 0.2) is 12.3 Å². The van der Waals surface area contributed by atoms with Crippen LogP contribution in [0.5, 0.6) is 0 Å². The lowest BCUT2D eigenvalue weighted by molar-refractivity contribution is 0.282. The van der Waals surface area contributed by atoms with Crippen LogP contribution in [0, 0.1) is 0 Å². The molecule has 2 heteroatoms. The van der Waals surface area contributed by atoms with Crippen LogP contribution in [0.25, 0.3) is 0 Å². The molecule has 2 radical (unpaired) electrons. The topological polar surface area (TPSA) is 9.23 Å². The largest absolute Gasteiger partial charge is 0.502 e. The van der Waals surface area contributed by atoms with Gasteiger partial charge in [0.15, 0.2) is 0 Å². The van der Waals surface area contributed by atoms with Gasteiger partial charge in [0.25, 0.3) is 0 Å². The minimum Gasteiger partial charge on any atom is -0.502 e. The highest BCUT2D eigenvalue weighted by atomic mass is 16.5. The van der Waals surface area contributed by atoms with Crippen molar-refractivity contribution >= 4 is 7.85 Å². The molecule has 0 fully saturated rings. The van der Waals surface area contributed by atoms with Gasteiger partial charge in [-0.2, -0.15) is 0 Å². The Labute approximate surface area is 38.4 Å². The molecule has 0 spiro atoms. The van der Waals surface area contributed by atoms with Crippen molar-refractivity contribution < 1.29 is 4.74 Å². The molecule has 1 unspecified atom stereocenters. The second kappa shape index (κ2) is 1.37. The molecule has 1 atom stereocenters. The fraction of sp³-hybridized carbons (Fsp3) is 0.500. The van der Waals surface area contributed by atoms with Crippen LogP contribution in [0.3, 0.4) is 0 Å². The zero-order valence-corrected chi connectivity index (χ0v) is 3.42. The maximum absolute atomic E-state index is 5.32. The van der Waals surface area contributed by atoms with Gasteiger partial charge in [0.05, 0.1) is 20.7 Å². The summed E-state index contributed by atoms with van der Waals surface area (Å²) in [5.74, 6) is 0.144. The Morgan fingerprint density at radius 1 is 1.83 bits per heavy atom. The van der Waals surface area contributed by atoms with Gasteiger partial charge in [-0.15, -0.1) is 0 Å². The minimum atomic E-state index is 0.144. The van der Waals surface area contributed by atoms with Crippen LogP contribution in [0.2, 0.25) is 5.82 Å². The van der Waals surface area contributed by atoms with E-state index in [0.717, 1.165) is 0 Å². The van der Waals surface area contributed by atoms with Crippen LogP contribution >= 0.6 is 0 Å². The summed E-state index contributed by atoms with van der Waals surface area (Å²) in [6, 6.07) is 0. The van der Waals surface area contributed by atoms with Crippen molar-refractivity contribution in [2.45, 2.75) is 5.82 Å². The van der Waals surface area contributed by atoms with Crippen molar-refractivity contribution in [3.05, 3.63) is 12.3 Å². The summed E-state index contributed by atoms with van der Waals surface area (Å²) in [6.45, 7) is 0.653. The lowest BCUT2D eigenvalue weighted by Gasteiger charge is -1.90. The fourth-order valence-electron chi connectivity index (χ4n) is 0.379. The number of rotatable bonds is 0. The summed E-state index contributed by atoms with van der Waals surface area (Å²) in [7, 11) is 5.32. The van der Waals surface area contributed by atoms with E-state index < -0.39 is 0 Å². The molecule has 0 bridgehead atoms. The molecule has 6 heavy (non-hydrogen) atoms. The summed E-state index contributed by atoms with van der Waals surface area (Å²) in [5, 5.41) is 0. The Kier molecular flexibility index (Phi) is 0.865. The third kappa shape index (κ3) is 0.561. The maximum atomic E-state index is 5.32. The van der Waals surface area contributed by atoms with E-state index in [4.69, 9.17) is 12.6 Å². The Morgan fingerprint density at radius 2 is 2.67 bits per heavy atom. The molecular formula is C4H5BO. The monoisotopic (exact) mass is 80.0 g/mol. The zero-order chi connectivity index (χ0) is 4.41. The third-order valence-corrected chi connectivity index (χ3v) is 0.711. The van der Waals surface area contributed by atoms with E-state index in [2.05, 4.69) is 0 Å². The highest BCUT2D eigenvalue weighted by Crippen LogP contribution is 2.07. The van der Waals surface area contributed by atoms with Gasteiger partial charge in [-0.1, -0.05) is 6.08 Å². The second-order valence-electron chi connectivity index (χ2n) is 1.33. The third-order valence-electron chi connectivity index (χ3n) is 0.711. The Morgan fingerprint density at radius 3 is 2.83 bits per heavy atom. The van der Waals surface area contributed by atoms with Gasteiger partial charge >= 0.3 is 0 Å². The quantitative estimate of drug-likeness (QED) is 0.384. The summed E-state index contributed by atoms with van der Waals surface area (Å²) < 4.78 is 4.75. The van der Waals surface area contributed by atoms with Gasteiger partial charge in [0, 0.05) is 0 Å². The first-order valence-corrected chi connectivity index (χ1v) is 1.93. The molecule has 1 aliphatic heterocycles. The normalized spacial score (nSPS) is 30.3. The predicted molar refractivity (Wildman–Crippen MR) is 24.6 cm³/mol. The fourth-order valence-corrected chi connectivity index (χ4v) is 0.379. The molecule has 0 aliphatic carbocycles. The molecule has 0 saturated heterocycles. The smallest absolute Gasteiger partial charge is 0.0857 e. The van der Waals surface area contributed by atoms with E-state index in [1.807, 2.05) is 6.08 Å². The first-order chi connectivity index (χ1) is 2.89. The van der Waals surface area contributed by atoms with Gasteiger partial charge in [-0.3, -0.25) is 0 Å². The van der Waals surface area contributed by atoms with Crippen LogP contribution in [0.1, 0.15) is 0 Å². The van der Waals surface area contributed by atoms with E-state index in [9.17, 15) is 0 Å². The highest BCUT2D eigenvalue weighted by Gasteiger charge is 1.99. The first kappa shape index (κ1) is 3.78. The molecule has 0 aromatic carbocycles. The summed E-state index contributed by atoms with van der Waals surface area (Å²) >= 11 is 0. The molecule has 0 aromatic rings. The minimum absolute atomic E-state index is 0.144. The highest BCUT2D eigenvalue weighted by molar-refractivity contribution is 6.13. The summed E-state index contributed by atoms with van der Waals surface area (Å²) in [6.07, 6.45) is 3.46. The lowest BCUT2D eigenvalue weighted by atomic mass is 9.90. The van der Waals surface area contributed by atoms with E-state index in [0.29, 0.717) is 6.61 Å². The van der Waals surface area contributed by atoms with E-state index in [-0.39, 0.29) is 5.82 Å². The van der Waals surface area contributed by atoms with Gasteiger partial charge in [0.2, 0.25) is 0 Å². The summed E-state index contributed by atoms with van der Waals surface area (Å²) in [5.41, 5.74) is 0. The molecule has 0 saturated carbocycles. The van der Waals surface area contributed by atoms with Crippen LogP contribution in [-0.2, 0) is 4.74 Å². The van der Waals surface area contributed by atoms with E-state index in [1.165, 1.54) is 0 Å². The number of hydrogen-bond donors (Lipinski definition) is 0. The summed E-state index contributed by atoms with van der Waals surface area (Å²) in [4.78, 5) is 0. The van der Waals surface area contributed by atoms with Crippen molar-refractivity contribution in [2.24, 2.45) is 0 Å². The molecule has 1 heterocycles.